The maximum Gasteiger partial charge on any atom is 0.241 e. The van der Waals surface area contributed by atoms with Gasteiger partial charge < -0.3 is 10.3 Å². The fourth-order valence-electron chi connectivity index (χ4n) is 1.87. The first kappa shape index (κ1) is 14.7. The maximum absolute atomic E-state index is 12.3. The Kier molecular flexibility index (Phi) is 4.22. The van der Waals surface area contributed by atoms with Gasteiger partial charge in [-0.2, -0.15) is 0 Å². The van der Waals surface area contributed by atoms with Crippen LogP contribution in [0.15, 0.2) is 35.5 Å². The van der Waals surface area contributed by atoms with Crippen LogP contribution < -0.4 is 10.5 Å². The summed E-state index contributed by atoms with van der Waals surface area (Å²) < 4.78 is 29.0. The number of rotatable bonds is 5. The van der Waals surface area contributed by atoms with Crippen LogP contribution in [0.4, 0.5) is 0 Å². The summed E-state index contributed by atoms with van der Waals surface area (Å²) in [5.41, 5.74) is 7.03. The number of hydrogen-bond acceptors (Lipinski definition) is 4. The van der Waals surface area contributed by atoms with E-state index in [1.807, 2.05) is 13.1 Å². The van der Waals surface area contributed by atoms with Gasteiger partial charge in [0, 0.05) is 26.0 Å². The first-order chi connectivity index (χ1) is 9.44. The van der Waals surface area contributed by atoms with Crippen molar-refractivity contribution in [1.29, 1.82) is 0 Å². The van der Waals surface area contributed by atoms with Crippen LogP contribution >= 0.6 is 0 Å². The number of nitrogens with one attached hydrogen (secondary N) is 1. The first-order valence-corrected chi connectivity index (χ1v) is 7.68. The molecule has 0 aliphatic rings. The number of aromatic nitrogens is 2. The Hall–Kier alpha value is -1.70. The average Bonchev–Trinajstić information content (AvgIpc) is 2.82. The van der Waals surface area contributed by atoms with E-state index in [-0.39, 0.29) is 11.4 Å². The summed E-state index contributed by atoms with van der Waals surface area (Å²) in [6.45, 7) is 2.22. The predicted molar refractivity (Wildman–Crippen MR) is 76.3 cm³/mol. The predicted octanol–water partition coefficient (Wildman–Crippen LogP) is 0.666. The van der Waals surface area contributed by atoms with Gasteiger partial charge in [0.25, 0.3) is 0 Å². The molecule has 1 heterocycles. The molecule has 0 saturated heterocycles. The van der Waals surface area contributed by atoms with Gasteiger partial charge in [0.2, 0.25) is 10.0 Å². The molecule has 0 bridgehead atoms. The number of nitrogens with two attached hydrogens (primary N) is 1. The second kappa shape index (κ2) is 5.74. The number of aryl methyl sites for hydroxylation is 2. The number of sulfonamides is 1. The Balaban J connectivity index is 2.24. The smallest absolute Gasteiger partial charge is 0.241 e. The van der Waals surface area contributed by atoms with Crippen LogP contribution in [0, 0.1) is 6.92 Å². The minimum absolute atomic E-state index is 0.151. The maximum atomic E-state index is 12.3. The van der Waals surface area contributed by atoms with Crippen molar-refractivity contribution in [2.45, 2.75) is 24.9 Å². The molecule has 0 radical (unpaired) electrons. The monoisotopic (exact) mass is 294 g/mol. The number of nitrogens with zero attached hydrogens (tertiary/aromatic N) is 2. The summed E-state index contributed by atoms with van der Waals surface area (Å²) in [6, 6.07) is 5.20. The second-order valence-corrected chi connectivity index (χ2v) is 6.32. The van der Waals surface area contributed by atoms with E-state index in [1.54, 1.807) is 36.0 Å². The third kappa shape index (κ3) is 3.06. The van der Waals surface area contributed by atoms with Gasteiger partial charge >= 0.3 is 0 Å². The summed E-state index contributed by atoms with van der Waals surface area (Å²) >= 11 is 0. The van der Waals surface area contributed by atoms with Gasteiger partial charge in [-0.15, -0.1) is 0 Å². The summed E-state index contributed by atoms with van der Waals surface area (Å²) in [6.07, 6.45) is 3.40. The zero-order chi connectivity index (χ0) is 14.8. The third-order valence-corrected chi connectivity index (χ3v) is 4.66. The minimum Gasteiger partial charge on any atom is -0.337 e. The van der Waals surface area contributed by atoms with Gasteiger partial charge in [0.15, 0.2) is 0 Å². The molecule has 0 spiro atoms. The highest BCUT2D eigenvalue weighted by Crippen LogP contribution is 2.17. The largest absolute Gasteiger partial charge is 0.337 e. The van der Waals surface area contributed by atoms with Crippen molar-refractivity contribution in [3.63, 3.8) is 0 Å². The van der Waals surface area contributed by atoms with Crippen LogP contribution in [0.5, 0.6) is 0 Å². The fourth-order valence-corrected chi connectivity index (χ4v) is 3.14. The molecule has 0 fully saturated rings. The molecule has 2 aromatic rings. The van der Waals surface area contributed by atoms with Crippen molar-refractivity contribution in [3.05, 3.63) is 47.5 Å². The van der Waals surface area contributed by atoms with E-state index in [0.717, 1.165) is 5.56 Å². The molecule has 1 aromatic carbocycles. The van der Waals surface area contributed by atoms with Gasteiger partial charge in [0.05, 0.1) is 11.4 Å². The molecule has 6 nitrogen and oxygen atoms in total. The Bertz CT molecular complexity index is 707. The number of benzene rings is 1. The molecule has 0 aliphatic carbocycles. The first-order valence-electron chi connectivity index (χ1n) is 6.19. The molecule has 0 amide bonds. The van der Waals surface area contributed by atoms with Gasteiger partial charge in [-0.05, 0) is 24.1 Å². The van der Waals surface area contributed by atoms with Gasteiger partial charge in [-0.3, -0.25) is 0 Å². The molecule has 0 atom stereocenters. The lowest BCUT2D eigenvalue weighted by Crippen LogP contribution is -2.25. The molecule has 0 aliphatic heterocycles. The Morgan fingerprint density at radius 3 is 2.75 bits per heavy atom. The SMILES string of the molecule is Cc1ccc(CN)cc1S(=O)(=O)NCc1nccn1C. The van der Waals surface area contributed by atoms with Crippen molar-refractivity contribution in [2.24, 2.45) is 12.8 Å². The lowest BCUT2D eigenvalue weighted by atomic mass is 10.1. The molecule has 1 aromatic heterocycles. The lowest BCUT2D eigenvalue weighted by Gasteiger charge is -2.10. The molecule has 2 rings (SSSR count). The van der Waals surface area contributed by atoms with Crippen molar-refractivity contribution in [3.8, 4) is 0 Å². The Labute approximate surface area is 118 Å². The van der Waals surface area contributed by atoms with E-state index >= 15 is 0 Å². The molecular formula is C13H18N4O2S. The highest BCUT2D eigenvalue weighted by atomic mass is 32.2. The molecule has 3 N–H and O–H groups in total. The Morgan fingerprint density at radius 2 is 2.15 bits per heavy atom. The minimum atomic E-state index is -3.58. The number of imidazole rings is 1. The highest BCUT2D eigenvalue weighted by molar-refractivity contribution is 7.89. The molecule has 108 valence electrons. The van der Waals surface area contributed by atoms with E-state index in [4.69, 9.17) is 5.73 Å². The third-order valence-electron chi connectivity index (χ3n) is 3.12. The van der Waals surface area contributed by atoms with Gasteiger partial charge in [-0.1, -0.05) is 12.1 Å². The highest BCUT2D eigenvalue weighted by Gasteiger charge is 2.17. The van der Waals surface area contributed by atoms with Crippen molar-refractivity contribution < 1.29 is 8.42 Å². The second-order valence-electron chi connectivity index (χ2n) is 4.58. The van der Waals surface area contributed by atoms with Gasteiger partial charge in [0.1, 0.15) is 5.82 Å². The quantitative estimate of drug-likeness (QED) is 0.848. The van der Waals surface area contributed by atoms with E-state index in [0.29, 0.717) is 17.9 Å². The summed E-state index contributed by atoms with van der Waals surface area (Å²) in [7, 11) is -1.76. The van der Waals surface area contributed by atoms with Crippen LogP contribution in [-0.2, 0) is 30.2 Å². The summed E-state index contributed by atoms with van der Waals surface area (Å²) in [5, 5.41) is 0. The van der Waals surface area contributed by atoms with E-state index in [9.17, 15) is 8.42 Å². The fraction of sp³-hybridized carbons (Fsp3) is 0.308. The molecular weight excluding hydrogens is 276 g/mol. The van der Waals surface area contributed by atoms with Crippen LogP contribution in [0.2, 0.25) is 0 Å². The normalized spacial score (nSPS) is 11.8. The molecule has 20 heavy (non-hydrogen) atoms. The van der Waals surface area contributed by atoms with Crippen molar-refractivity contribution in [2.75, 3.05) is 0 Å². The van der Waals surface area contributed by atoms with Crippen LogP contribution in [0.25, 0.3) is 0 Å². The van der Waals surface area contributed by atoms with E-state index in [2.05, 4.69) is 9.71 Å². The van der Waals surface area contributed by atoms with Gasteiger partial charge in [-0.25, -0.2) is 18.1 Å². The van der Waals surface area contributed by atoms with Crippen molar-refractivity contribution in [1.82, 2.24) is 14.3 Å². The van der Waals surface area contributed by atoms with E-state index < -0.39 is 10.0 Å². The Morgan fingerprint density at radius 1 is 1.40 bits per heavy atom. The topological polar surface area (TPSA) is 90.0 Å². The zero-order valence-electron chi connectivity index (χ0n) is 11.5. The van der Waals surface area contributed by atoms with Crippen molar-refractivity contribution >= 4 is 10.0 Å². The lowest BCUT2D eigenvalue weighted by molar-refractivity contribution is 0.577. The number of hydrogen-bond donors (Lipinski definition) is 2. The van der Waals surface area contributed by atoms with Crippen LogP contribution in [-0.4, -0.2) is 18.0 Å². The molecule has 0 unspecified atom stereocenters. The molecule has 7 heteroatoms. The van der Waals surface area contributed by atoms with E-state index in [1.165, 1.54) is 0 Å². The molecule has 0 saturated carbocycles. The average molecular weight is 294 g/mol. The standard InChI is InChI=1S/C13H18N4O2S/c1-10-3-4-11(8-14)7-12(10)20(18,19)16-9-13-15-5-6-17(13)2/h3-7,16H,8-9,14H2,1-2H3. The zero-order valence-corrected chi connectivity index (χ0v) is 12.3. The summed E-state index contributed by atoms with van der Waals surface area (Å²) in [5.74, 6) is 0.654. The van der Waals surface area contributed by atoms with Crippen LogP contribution in [0.3, 0.4) is 0 Å². The van der Waals surface area contributed by atoms with Crippen LogP contribution in [0.1, 0.15) is 17.0 Å². The summed E-state index contributed by atoms with van der Waals surface area (Å²) in [4.78, 5) is 4.34.